The van der Waals surface area contributed by atoms with Crippen LogP contribution in [0.4, 0.5) is 5.69 Å². The van der Waals surface area contributed by atoms with Crippen molar-refractivity contribution < 1.29 is 0 Å². The Labute approximate surface area is 122 Å². The fraction of sp³-hybridized carbons (Fsp3) is 0.625. The molecule has 0 aliphatic rings. The summed E-state index contributed by atoms with van der Waals surface area (Å²) in [6, 6.07) is 6.74. The third-order valence-electron chi connectivity index (χ3n) is 3.68. The van der Waals surface area contributed by atoms with Crippen molar-refractivity contribution in [3.63, 3.8) is 0 Å². The Kier molecular flexibility index (Phi) is 6.67. The van der Waals surface area contributed by atoms with Gasteiger partial charge in [-0.05, 0) is 44.4 Å². The first-order valence-corrected chi connectivity index (χ1v) is 7.70. The lowest BCUT2D eigenvalue weighted by Crippen LogP contribution is -2.33. The van der Waals surface area contributed by atoms with Crippen LogP contribution < -0.4 is 10.6 Å². The second-order valence-electron chi connectivity index (χ2n) is 5.30. The monoisotopic (exact) mass is 282 g/mol. The summed E-state index contributed by atoms with van der Waals surface area (Å²) in [5.41, 5.74) is 8.13. The van der Waals surface area contributed by atoms with E-state index in [1.807, 2.05) is 13.0 Å². The number of nitrogens with two attached hydrogens (primary N) is 1. The van der Waals surface area contributed by atoms with E-state index in [0.717, 1.165) is 29.2 Å². The first-order valence-electron chi connectivity index (χ1n) is 7.32. The highest BCUT2D eigenvalue weighted by Gasteiger charge is 2.16. The summed E-state index contributed by atoms with van der Waals surface area (Å²) in [6.07, 6.45) is 3.51. The molecule has 0 bridgehead atoms. The highest BCUT2D eigenvalue weighted by atomic mass is 35.5. The second kappa shape index (κ2) is 7.76. The average Bonchev–Trinajstić information content (AvgIpc) is 2.39. The van der Waals surface area contributed by atoms with Crippen LogP contribution in [0.1, 0.15) is 58.6 Å². The van der Waals surface area contributed by atoms with Crippen molar-refractivity contribution in [2.24, 2.45) is 5.73 Å². The molecule has 2 atom stereocenters. The van der Waals surface area contributed by atoms with E-state index in [1.54, 1.807) is 0 Å². The molecular weight excluding hydrogens is 256 g/mol. The molecule has 2 N–H and O–H groups in total. The number of hydrogen-bond donors (Lipinski definition) is 1. The van der Waals surface area contributed by atoms with E-state index in [4.69, 9.17) is 17.3 Å². The minimum atomic E-state index is 0.0271. The SMILES string of the molecule is CCCCN(c1ccc(C(C)N)cc1Cl)C(C)CC. The molecule has 0 fully saturated rings. The van der Waals surface area contributed by atoms with E-state index < -0.39 is 0 Å². The molecule has 0 saturated heterocycles. The van der Waals surface area contributed by atoms with E-state index in [-0.39, 0.29) is 6.04 Å². The molecule has 0 saturated carbocycles. The van der Waals surface area contributed by atoms with Gasteiger partial charge in [-0.3, -0.25) is 0 Å². The van der Waals surface area contributed by atoms with E-state index in [0.29, 0.717) is 6.04 Å². The van der Waals surface area contributed by atoms with Crippen LogP contribution >= 0.6 is 11.6 Å². The fourth-order valence-electron chi connectivity index (χ4n) is 2.17. The summed E-state index contributed by atoms with van der Waals surface area (Å²) in [4.78, 5) is 2.41. The van der Waals surface area contributed by atoms with Gasteiger partial charge in [-0.25, -0.2) is 0 Å². The van der Waals surface area contributed by atoms with Gasteiger partial charge in [0, 0.05) is 18.6 Å². The van der Waals surface area contributed by atoms with Crippen molar-refractivity contribution >= 4 is 17.3 Å². The summed E-state index contributed by atoms with van der Waals surface area (Å²) in [5.74, 6) is 0. The molecule has 108 valence electrons. The van der Waals surface area contributed by atoms with Gasteiger partial charge in [0.15, 0.2) is 0 Å². The first kappa shape index (κ1) is 16.3. The largest absolute Gasteiger partial charge is 0.368 e. The Morgan fingerprint density at radius 2 is 1.95 bits per heavy atom. The zero-order valence-electron chi connectivity index (χ0n) is 12.6. The zero-order chi connectivity index (χ0) is 14.4. The van der Waals surface area contributed by atoms with Crippen molar-refractivity contribution in [3.05, 3.63) is 28.8 Å². The minimum absolute atomic E-state index is 0.0271. The lowest BCUT2D eigenvalue weighted by Gasteiger charge is -2.32. The maximum absolute atomic E-state index is 6.45. The van der Waals surface area contributed by atoms with E-state index in [9.17, 15) is 0 Å². The highest BCUT2D eigenvalue weighted by molar-refractivity contribution is 6.33. The van der Waals surface area contributed by atoms with Gasteiger partial charge >= 0.3 is 0 Å². The third-order valence-corrected chi connectivity index (χ3v) is 3.99. The molecule has 1 rings (SSSR count). The quantitative estimate of drug-likeness (QED) is 0.781. The average molecular weight is 283 g/mol. The Morgan fingerprint density at radius 3 is 2.42 bits per heavy atom. The van der Waals surface area contributed by atoms with Crippen molar-refractivity contribution in [2.75, 3.05) is 11.4 Å². The zero-order valence-corrected chi connectivity index (χ0v) is 13.4. The summed E-state index contributed by atoms with van der Waals surface area (Å²) in [5, 5.41) is 0.811. The first-order chi connectivity index (χ1) is 9.01. The van der Waals surface area contributed by atoms with Gasteiger partial charge in [-0.15, -0.1) is 0 Å². The number of halogens is 1. The van der Waals surface area contributed by atoms with Crippen molar-refractivity contribution in [1.82, 2.24) is 0 Å². The van der Waals surface area contributed by atoms with Crippen LogP contribution in [-0.2, 0) is 0 Å². The Morgan fingerprint density at radius 1 is 1.26 bits per heavy atom. The predicted molar refractivity (Wildman–Crippen MR) is 86.1 cm³/mol. The number of rotatable bonds is 7. The van der Waals surface area contributed by atoms with Crippen LogP contribution in [0.5, 0.6) is 0 Å². The lowest BCUT2D eigenvalue weighted by molar-refractivity contribution is 0.595. The van der Waals surface area contributed by atoms with Crippen molar-refractivity contribution in [2.45, 2.75) is 59.0 Å². The van der Waals surface area contributed by atoms with Crippen molar-refractivity contribution in [3.8, 4) is 0 Å². The van der Waals surface area contributed by atoms with Gasteiger partial charge in [0.05, 0.1) is 10.7 Å². The van der Waals surface area contributed by atoms with E-state index in [1.165, 1.54) is 12.8 Å². The molecule has 2 unspecified atom stereocenters. The van der Waals surface area contributed by atoms with E-state index >= 15 is 0 Å². The minimum Gasteiger partial charge on any atom is -0.368 e. The number of hydrogen-bond acceptors (Lipinski definition) is 2. The molecule has 0 amide bonds. The topological polar surface area (TPSA) is 29.3 Å². The molecule has 0 heterocycles. The normalized spacial score (nSPS) is 14.2. The highest BCUT2D eigenvalue weighted by Crippen LogP contribution is 2.30. The van der Waals surface area contributed by atoms with Gasteiger partial charge in [-0.1, -0.05) is 37.9 Å². The summed E-state index contributed by atoms with van der Waals surface area (Å²) in [7, 11) is 0. The maximum Gasteiger partial charge on any atom is 0.0642 e. The Bertz CT molecular complexity index is 390. The molecule has 0 aromatic heterocycles. The van der Waals surface area contributed by atoms with Gasteiger partial charge in [0.1, 0.15) is 0 Å². The molecule has 1 aromatic carbocycles. The molecule has 0 aliphatic heterocycles. The molecule has 3 heteroatoms. The predicted octanol–water partition coefficient (Wildman–Crippen LogP) is 4.76. The van der Waals surface area contributed by atoms with Crippen LogP contribution in [0, 0.1) is 0 Å². The van der Waals surface area contributed by atoms with Crippen LogP contribution in [0.25, 0.3) is 0 Å². The number of nitrogens with zero attached hydrogens (tertiary/aromatic N) is 1. The smallest absolute Gasteiger partial charge is 0.0642 e. The van der Waals surface area contributed by atoms with Gasteiger partial charge in [0.25, 0.3) is 0 Å². The molecule has 19 heavy (non-hydrogen) atoms. The van der Waals surface area contributed by atoms with Gasteiger partial charge in [0.2, 0.25) is 0 Å². The van der Waals surface area contributed by atoms with Crippen LogP contribution in [0.15, 0.2) is 18.2 Å². The van der Waals surface area contributed by atoms with Crippen LogP contribution in [0.2, 0.25) is 5.02 Å². The van der Waals surface area contributed by atoms with Crippen LogP contribution in [0.3, 0.4) is 0 Å². The fourth-order valence-corrected chi connectivity index (χ4v) is 2.46. The third kappa shape index (κ3) is 4.39. The second-order valence-corrected chi connectivity index (χ2v) is 5.71. The lowest BCUT2D eigenvalue weighted by atomic mass is 10.1. The molecule has 2 nitrogen and oxygen atoms in total. The van der Waals surface area contributed by atoms with E-state index in [2.05, 4.69) is 37.8 Å². The molecular formula is C16H27ClN2. The number of anilines is 1. The number of benzene rings is 1. The number of unbranched alkanes of at least 4 members (excludes halogenated alkanes) is 1. The van der Waals surface area contributed by atoms with Crippen molar-refractivity contribution in [1.29, 1.82) is 0 Å². The van der Waals surface area contributed by atoms with Crippen LogP contribution in [-0.4, -0.2) is 12.6 Å². The summed E-state index contributed by atoms with van der Waals surface area (Å²) in [6.45, 7) is 9.73. The standard InChI is InChI=1S/C16H27ClN2/c1-5-7-10-19(12(3)6-2)16-9-8-14(13(4)18)11-15(16)17/h8-9,11-13H,5-7,10,18H2,1-4H3. The molecule has 0 radical (unpaired) electrons. The molecule has 0 spiro atoms. The maximum atomic E-state index is 6.45. The summed E-state index contributed by atoms with van der Waals surface area (Å²) >= 11 is 6.45. The Balaban J connectivity index is 3.01. The summed E-state index contributed by atoms with van der Waals surface area (Å²) < 4.78 is 0. The molecule has 0 aliphatic carbocycles. The molecule has 1 aromatic rings. The van der Waals surface area contributed by atoms with Gasteiger partial charge < -0.3 is 10.6 Å². The Hall–Kier alpha value is -0.730. The van der Waals surface area contributed by atoms with Gasteiger partial charge in [-0.2, -0.15) is 0 Å².